The molecular weight excluding hydrogens is 412 g/mol. The Kier molecular flexibility index (Phi) is 7.72. The topological polar surface area (TPSA) is 83.4 Å². The number of carbonyl (C=O) groups excluding carboxylic acids is 2. The number of carbonyl (C=O) groups is 2. The number of piperazine rings is 1. The molecule has 168 valence electrons. The van der Waals surface area contributed by atoms with Crippen molar-refractivity contribution >= 4 is 23.6 Å². The van der Waals surface area contributed by atoms with Crippen molar-refractivity contribution in [3.8, 4) is 0 Å². The molecule has 2 amide bonds. The van der Waals surface area contributed by atoms with Gasteiger partial charge in [0.2, 0.25) is 5.91 Å². The largest absolute Gasteiger partial charge is 0.342 e. The lowest BCUT2D eigenvalue weighted by atomic mass is 10.0. The summed E-state index contributed by atoms with van der Waals surface area (Å²) in [6, 6.07) is 7.21. The zero-order valence-corrected chi connectivity index (χ0v) is 19.8. The van der Waals surface area contributed by atoms with E-state index in [1.54, 1.807) is 0 Å². The molecule has 31 heavy (non-hydrogen) atoms. The lowest BCUT2D eigenvalue weighted by molar-refractivity contribution is -0.129. The first-order valence-corrected chi connectivity index (χ1v) is 11.6. The number of hydrogen-bond acceptors (Lipinski definition) is 6. The molecule has 2 heterocycles. The molecule has 8 nitrogen and oxygen atoms in total. The Morgan fingerprint density at radius 2 is 1.71 bits per heavy atom. The number of rotatable bonds is 7. The molecule has 2 aromatic rings. The molecule has 0 spiro atoms. The third kappa shape index (κ3) is 5.86. The molecule has 1 aliphatic rings. The maximum absolute atomic E-state index is 12.7. The van der Waals surface area contributed by atoms with E-state index in [4.69, 9.17) is 0 Å². The maximum Gasteiger partial charge on any atom is 0.251 e. The van der Waals surface area contributed by atoms with Crippen molar-refractivity contribution in [3.05, 3.63) is 41.2 Å². The minimum atomic E-state index is -0.283. The number of aryl methyl sites for hydroxylation is 1. The van der Waals surface area contributed by atoms with Gasteiger partial charge in [-0.2, -0.15) is 0 Å². The standard InChI is InChI=1S/C22H32N6O2S/c1-15(2)19(23-21(30)17-8-6-16(3)7-9-17)20-24-25-22(27(20)5)31-14-18(29)28-12-10-26(4)11-13-28/h6-9,15,19H,10-14H2,1-5H3,(H,23,30)/t19-/m0/s1. The molecular formula is C22H32N6O2S. The Bertz CT molecular complexity index is 903. The van der Waals surface area contributed by atoms with Crippen LogP contribution in [0.4, 0.5) is 0 Å². The lowest BCUT2D eigenvalue weighted by Gasteiger charge is -2.32. The Labute approximate surface area is 188 Å². The highest BCUT2D eigenvalue weighted by Gasteiger charge is 2.26. The van der Waals surface area contributed by atoms with Crippen LogP contribution in [0, 0.1) is 12.8 Å². The summed E-state index contributed by atoms with van der Waals surface area (Å²) >= 11 is 1.39. The van der Waals surface area contributed by atoms with Gasteiger partial charge in [0.15, 0.2) is 11.0 Å². The predicted molar refractivity (Wildman–Crippen MR) is 122 cm³/mol. The van der Waals surface area contributed by atoms with Gasteiger partial charge in [-0.15, -0.1) is 10.2 Å². The second-order valence-electron chi connectivity index (χ2n) is 8.43. The van der Waals surface area contributed by atoms with Crippen molar-refractivity contribution in [2.24, 2.45) is 13.0 Å². The molecule has 0 saturated carbocycles. The van der Waals surface area contributed by atoms with Gasteiger partial charge in [0.1, 0.15) is 0 Å². The second-order valence-corrected chi connectivity index (χ2v) is 9.38. The third-order valence-corrected chi connectivity index (χ3v) is 6.60. The van der Waals surface area contributed by atoms with E-state index in [-0.39, 0.29) is 23.8 Å². The molecule has 1 aromatic carbocycles. The number of thioether (sulfide) groups is 1. The van der Waals surface area contributed by atoms with Crippen LogP contribution in [0.5, 0.6) is 0 Å². The fourth-order valence-electron chi connectivity index (χ4n) is 3.45. The van der Waals surface area contributed by atoms with Crippen LogP contribution < -0.4 is 5.32 Å². The Hall–Kier alpha value is -2.39. The minimum Gasteiger partial charge on any atom is -0.342 e. The van der Waals surface area contributed by atoms with Crippen molar-refractivity contribution in [3.63, 3.8) is 0 Å². The number of amides is 2. The number of benzene rings is 1. The van der Waals surface area contributed by atoms with Gasteiger partial charge >= 0.3 is 0 Å². The van der Waals surface area contributed by atoms with Gasteiger partial charge in [-0.05, 0) is 32.0 Å². The zero-order chi connectivity index (χ0) is 22.5. The molecule has 1 aromatic heterocycles. The van der Waals surface area contributed by atoms with Crippen LogP contribution in [0.1, 0.15) is 41.6 Å². The molecule has 1 atom stereocenters. The van der Waals surface area contributed by atoms with Crippen LogP contribution in [0.2, 0.25) is 0 Å². The summed E-state index contributed by atoms with van der Waals surface area (Å²) in [5.74, 6) is 1.13. The van der Waals surface area contributed by atoms with E-state index in [9.17, 15) is 9.59 Å². The monoisotopic (exact) mass is 444 g/mol. The van der Waals surface area contributed by atoms with Crippen LogP contribution in [0.3, 0.4) is 0 Å². The van der Waals surface area contributed by atoms with Crippen molar-refractivity contribution < 1.29 is 9.59 Å². The first kappa shape index (κ1) is 23.3. The quantitative estimate of drug-likeness (QED) is 0.659. The number of aromatic nitrogens is 3. The Balaban J connectivity index is 1.65. The van der Waals surface area contributed by atoms with E-state index in [0.29, 0.717) is 22.3 Å². The first-order valence-electron chi connectivity index (χ1n) is 10.6. The van der Waals surface area contributed by atoms with Crippen LogP contribution in [-0.2, 0) is 11.8 Å². The summed E-state index contributed by atoms with van der Waals surface area (Å²) in [5.41, 5.74) is 1.73. The molecule has 9 heteroatoms. The minimum absolute atomic E-state index is 0.121. The summed E-state index contributed by atoms with van der Waals surface area (Å²) in [6.07, 6.45) is 0. The summed E-state index contributed by atoms with van der Waals surface area (Å²) < 4.78 is 1.88. The van der Waals surface area contributed by atoms with E-state index >= 15 is 0 Å². The lowest BCUT2D eigenvalue weighted by Crippen LogP contribution is -2.47. The van der Waals surface area contributed by atoms with Gasteiger partial charge in [0.25, 0.3) is 5.91 Å². The normalized spacial score (nSPS) is 15.9. The van der Waals surface area contributed by atoms with E-state index in [0.717, 1.165) is 31.7 Å². The van der Waals surface area contributed by atoms with Gasteiger partial charge in [-0.3, -0.25) is 9.59 Å². The van der Waals surface area contributed by atoms with Crippen LogP contribution in [-0.4, -0.2) is 75.4 Å². The van der Waals surface area contributed by atoms with Crippen molar-refractivity contribution in [1.82, 2.24) is 29.9 Å². The number of nitrogens with zero attached hydrogens (tertiary/aromatic N) is 5. The summed E-state index contributed by atoms with van der Waals surface area (Å²) in [7, 11) is 3.95. The maximum atomic E-state index is 12.7. The van der Waals surface area contributed by atoms with E-state index in [1.807, 2.05) is 61.6 Å². The van der Waals surface area contributed by atoms with E-state index in [1.165, 1.54) is 11.8 Å². The molecule has 3 rings (SSSR count). The fourth-order valence-corrected chi connectivity index (χ4v) is 4.28. The Morgan fingerprint density at radius 3 is 2.32 bits per heavy atom. The van der Waals surface area contributed by atoms with Gasteiger partial charge in [-0.1, -0.05) is 43.3 Å². The summed E-state index contributed by atoms with van der Waals surface area (Å²) in [4.78, 5) is 29.4. The first-order chi connectivity index (χ1) is 14.8. The number of hydrogen-bond donors (Lipinski definition) is 1. The summed E-state index contributed by atoms with van der Waals surface area (Å²) in [5, 5.41) is 12.4. The zero-order valence-electron chi connectivity index (χ0n) is 19.0. The molecule has 1 N–H and O–H groups in total. The average Bonchev–Trinajstić information content (AvgIpc) is 3.11. The third-order valence-electron chi connectivity index (χ3n) is 5.59. The number of likely N-dealkylation sites (N-methyl/N-ethyl adjacent to an activating group) is 1. The second kappa shape index (κ2) is 10.3. The molecule has 1 fully saturated rings. The molecule has 0 unspecified atom stereocenters. The van der Waals surface area contributed by atoms with Crippen molar-refractivity contribution in [2.75, 3.05) is 39.0 Å². The van der Waals surface area contributed by atoms with Crippen molar-refractivity contribution in [1.29, 1.82) is 0 Å². The van der Waals surface area contributed by atoms with Crippen LogP contribution in [0.15, 0.2) is 29.4 Å². The van der Waals surface area contributed by atoms with Gasteiger partial charge in [0, 0.05) is 38.8 Å². The smallest absolute Gasteiger partial charge is 0.251 e. The molecule has 1 saturated heterocycles. The summed E-state index contributed by atoms with van der Waals surface area (Å²) in [6.45, 7) is 9.41. The molecule has 0 radical (unpaired) electrons. The SMILES string of the molecule is Cc1ccc(C(=O)N[C@H](c2nnc(SCC(=O)N3CCN(C)CC3)n2C)C(C)C)cc1. The van der Waals surface area contributed by atoms with Crippen LogP contribution in [0.25, 0.3) is 0 Å². The average molecular weight is 445 g/mol. The van der Waals surface area contributed by atoms with Gasteiger partial charge in [-0.25, -0.2) is 0 Å². The molecule has 0 aliphatic carbocycles. The van der Waals surface area contributed by atoms with Gasteiger partial charge < -0.3 is 19.7 Å². The van der Waals surface area contributed by atoms with E-state index in [2.05, 4.69) is 27.5 Å². The van der Waals surface area contributed by atoms with E-state index < -0.39 is 0 Å². The predicted octanol–water partition coefficient (Wildman–Crippen LogP) is 2.12. The highest BCUT2D eigenvalue weighted by atomic mass is 32.2. The number of nitrogens with one attached hydrogen (secondary N) is 1. The van der Waals surface area contributed by atoms with Crippen molar-refractivity contribution in [2.45, 2.75) is 32.0 Å². The molecule has 1 aliphatic heterocycles. The van der Waals surface area contributed by atoms with Crippen LogP contribution >= 0.6 is 11.8 Å². The fraction of sp³-hybridized carbons (Fsp3) is 0.545. The van der Waals surface area contributed by atoms with Gasteiger partial charge in [0.05, 0.1) is 11.8 Å². The Morgan fingerprint density at radius 1 is 1.06 bits per heavy atom. The molecule has 0 bridgehead atoms. The highest BCUT2D eigenvalue weighted by molar-refractivity contribution is 7.99. The highest BCUT2D eigenvalue weighted by Crippen LogP contribution is 2.24.